The van der Waals surface area contributed by atoms with Crippen molar-refractivity contribution in [1.29, 1.82) is 0 Å². The summed E-state index contributed by atoms with van der Waals surface area (Å²) < 4.78 is 37.4. The Morgan fingerprint density at radius 3 is 2.86 bits per heavy atom. The first-order valence-electron chi connectivity index (χ1n) is 8.54. The molecule has 1 fully saturated rings. The number of benzene rings is 1. The Morgan fingerprint density at radius 1 is 1.36 bits per heavy atom. The molecule has 1 aliphatic rings. The standard InChI is InChI=1S/C18H19ClN2O6S/c1-12-7-15(9-18(23)26-12)27-14-5-6-21(11-14)17(22)10-20-28(24,25)16-4-2-3-13(19)8-16/h2-4,7-9,14,20H,5-6,10-11H2,1H3. The molecule has 28 heavy (non-hydrogen) atoms. The molecule has 1 saturated heterocycles. The molecule has 1 aliphatic heterocycles. The van der Waals surface area contributed by atoms with Gasteiger partial charge in [-0.05, 0) is 25.1 Å². The molecule has 2 aromatic rings. The summed E-state index contributed by atoms with van der Waals surface area (Å²) in [7, 11) is -3.84. The lowest BCUT2D eigenvalue weighted by Crippen LogP contribution is -2.39. The molecule has 10 heteroatoms. The molecule has 1 unspecified atom stereocenters. The minimum absolute atomic E-state index is 0.00582. The molecule has 1 atom stereocenters. The number of sulfonamides is 1. The van der Waals surface area contributed by atoms with Crippen molar-refractivity contribution in [2.45, 2.75) is 24.3 Å². The molecule has 0 aliphatic carbocycles. The van der Waals surface area contributed by atoms with Crippen LogP contribution in [0.1, 0.15) is 12.2 Å². The van der Waals surface area contributed by atoms with Crippen LogP contribution < -0.4 is 15.1 Å². The molecule has 0 saturated carbocycles. The first-order valence-corrected chi connectivity index (χ1v) is 10.4. The second kappa shape index (κ2) is 8.34. The summed E-state index contributed by atoms with van der Waals surface area (Å²) in [5.41, 5.74) is -0.503. The predicted octanol–water partition coefficient (Wildman–Crippen LogP) is 1.56. The van der Waals surface area contributed by atoms with E-state index in [4.69, 9.17) is 20.8 Å². The van der Waals surface area contributed by atoms with E-state index in [-0.39, 0.29) is 23.5 Å². The van der Waals surface area contributed by atoms with E-state index in [9.17, 15) is 18.0 Å². The normalized spacial score (nSPS) is 16.9. The van der Waals surface area contributed by atoms with Gasteiger partial charge in [0.25, 0.3) is 0 Å². The van der Waals surface area contributed by atoms with E-state index in [0.29, 0.717) is 36.0 Å². The Morgan fingerprint density at radius 2 is 2.14 bits per heavy atom. The molecule has 150 valence electrons. The molecular formula is C18H19ClN2O6S. The third-order valence-corrected chi connectivity index (χ3v) is 5.82. The van der Waals surface area contributed by atoms with E-state index in [1.54, 1.807) is 19.1 Å². The van der Waals surface area contributed by atoms with Crippen LogP contribution in [0.3, 0.4) is 0 Å². The minimum Gasteiger partial charge on any atom is -0.488 e. The molecule has 0 spiro atoms. The number of nitrogens with zero attached hydrogens (tertiary/aromatic N) is 1. The highest BCUT2D eigenvalue weighted by atomic mass is 35.5. The maximum Gasteiger partial charge on any atom is 0.339 e. The molecule has 2 heterocycles. The maximum absolute atomic E-state index is 12.3. The Hall–Kier alpha value is -2.36. The van der Waals surface area contributed by atoms with Crippen LogP contribution in [0.4, 0.5) is 0 Å². The van der Waals surface area contributed by atoms with Crippen molar-refractivity contribution in [2.24, 2.45) is 0 Å². The number of rotatable bonds is 6. The van der Waals surface area contributed by atoms with Gasteiger partial charge in [0, 0.05) is 24.1 Å². The summed E-state index contributed by atoms with van der Waals surface area (Å²) in [5, 5.41) is 0.291. The first kappa shape index (κ1) is 20.4. The van der Waals surface area contributed by atoms with E-state index in [1.807, 2.05) is 0 Å². The first-order chi connectivity index (χ1) is 13.2. The number of carbonyl (C=O) groups excluding carboxylic acids is 1. The fraction of sp³-hybridized carbons (Fsp3) is 0.333. The largest absolute Gasteiger partial charge is 0.488 e. The van der Waals surface area contributed by atoms with Gasteiger partial charge in [0.2, 0.25) is 15.9 Å². The Balaban J connectivity index is 1.55. The number of hydrogen-bond acceptors (Lipinski definition) is 6. The lowest BCUT2D eigenvalue weighted by Gasteiger charge is -2.17. The predicted molar refractivity (Wildman–Crippen MR) is 102 cm³/mol. The van der Waals surface area contributed by atoms with Gasteiger partial charge in [-0.3, -0.25) is 4.79 Å². The van der Waals surface area contributed by atoms with Crippen LogP contribution in [-0.2, 0) is 14.8 Å². The van der Waals surface area contributed by atoms with Crippen molar-refractivity contribution in [3.63, 3.8) is 0 Å². The molecule has 0 radical (unpaired) electrons. The molecule has 1 aromatic heterocycles. The maximum atomic E-state index is 12.3. The second-order valence-electron chi connectivity index (χ2n) is 6.37. The van der Waals surface area contributed by atoms with Crippen LogP contribution in [0.2, 0.25) is 5.02 Å². The van der Waals surface area contributed by atoms with Crippen molar-refractivity contribution < 1.29 is 22.4 Å². The topological polar surface area (TPSA) is 106 Å². The Kier molecular flexibility index (Phi) is 6.07. The summed E-state index contributed by atoms with van der Waals surface area (Å²) in [6, 6.07) is 8.65. The third-order valence-electron chi connectivity index (χ3n) is 4.19. The summed E-state index contributed by atoms with van der Waals surface area (Å²) >= 11 is 5.81. The van der Waals surface area contributed by atoms with Gasteiger partial charge in [0.05, 0.1) is 24.1 Å². The van der Waals surface area contributed by atoms with Crippen molar-refractivity contribution in [3.8, 4) is 5.75 Å². The van der Waals surface area contributed by atoms with Crippen LogP contribution in [-0.4, -0.2) is 45.0 Å². The van der Waals surface area contributed by atoms with E-state index < -0.39 is 15.6 Å². The number of likely N-dealkylation sites (tertiary alicyclic amines) is 1. The van der Waals surface area contributed by atoms with Gasteiger partial charge in [-0.1, -0.05) is 17.7 Å². The van der Waals surface area contributed by atoms with Gasteiger partial charge in [-0.2, -0.15) is 0 Å². The van der Waals surface area contributed by atoms with Crippen LogP contribution in [0.15, 0.2) is 50.5 Å². The molecule has 8 nitrogen and oxygen atoms in total. The molecule has 1 amide bonds. The molecule has 1 aromatic carbocycles. The minimum atomic E-state index is -3.84. The lowest BCUT2D eigenvalue weighted by atomic mass is 10.3. The van der Waals surface area contributed by atoms with Crippen molar-refractivity contribution in [3.05, 3.63) is 57.6 Å². The van der Waals surface area contributed by atoms with Gasteiger partial charge in [-0.25, -0.2) is 17.9 Å². The summed E-state index contributed by atoms with van der Waals surface area (Å²) in [6.07, 6.45) is 0.293. The van der Waals surface area contributed by atoms with E-state index in [2.05, 4.69) is 4.72 Å². The number of halogens is 1. The number of aryl methyl sites for hydroxylation is 1. The van der Waals surface area contributed by atoms with Crippen LogP contribution >= 0.6 is 11.6 Å². The average molecular weight is 427 g/mol. The zero-order chi connectivity index (χ0) is 20.3. The highest BCUT2D eigenvalue weighted by Crippen LogP contribution is 2.19. The average Bonchev–Trinajstić information content (AvgIpc) is 3.07. The Labute approximate surface area is 167 Å². The SMILES string of the molecule is Cc1cc(OC2CCN(C(=O)CNS(=O)(=O)c3cccc(Cl)c3)C2)cc(=O)o1. The lowest BCUT2D eigenvalue weighted by molar-refractivity contribution is -0.129. The number of ether oxygens (including phenoxy) is 1. The third kappa shape index (κ3) is 5.12. The number of nitrogens with one attached hydrogen (secondary N) is 1. The zero-order valence-corrected chi connectivity index (χ0v) is 16.6. The highest BCUT2D eigenvalue weighted by molar-refractivity contribution is 7.89. The van der Waals surface area contributed by atoms with Crippen LogP contribution in [0, 0.1) is 6.92 Å². The summed E-state index contributed by atoms with van der Waals surface area (Å²) in [6.45, 7) is 2.01. The molecular weight excluding hydrogens is 408 g/mol. The van der Waals surface area contributed by atoms with Gasteiger partial charge in [0.1, 0.15) is 17.6 Å². The highest BCUT2D eigenvalue weighted by Gasteiger charge is 2.28. The van der Waals surface area contributed by atoms with Crippen molar-refractivity contribution in [2.75, 3.05) is 19.6 Å². The zero-order valence-electron chi connectivity index (χ0n) is 15.1. The molecule has 1 N–H and O–H groups in total. The van der Waals surface area contributed by atoms with E-state index in [1.165, 1.54) is 29.2 Å². The van der Waals surface area contributed by atoms with Gasteiger partial charge in [-0.15, -0.1) is 0 Å². The fourth-order valence-electron chi connectivity index (χ4n) is 2.87. The quantitative estimate of drug-likeness (QED) is 0.751. The Bertz CT molecular complexity index is 1040. The second-order valence-corrected chi connectivity index (χ2v) is 8.58. The van der Waals surface area contributed by atoms with Crippen molar-refractivity contribution >= 4 is 27.5 Å². The van der Waals surface area contributed by atoms with E-state index >= 15 is 0 Å². The fourth-order valence-corrected chi connectivity index (χ4v) is 4.15. The van der Waals surface area contributed by atoms with Crippen LogP contribution in [0.25, 0.3) is 0 Å². The van der Waals surface area contributed by atoms with Gasteiger partial charge < -0.3 is 14.1 Å². The smallest absolute Gasteiger partial charge is 0.339 e. The summed E-state index contributed by atoms with van der Waals surface area (Å²) in [4.78, 5) is 25.3. The van der Waals surface area contributed by atoms with Crippen LogP contribution in [0.5, 0.6) is 5.75 Å². The van der Waals surface area contributed by atoms with Gasteiger partial charge in [0.15, 0.2) is 0 Å². The van der Waals surface area contributed by atoms with Gasteiger partial charge >= 0.3 is 5.63 Å². The number of amides is 1. The molecule has 0 bridgehead atoms. The number of hydrogen-bond donors (Lipinski definition) is 1. The monoisotopic (exact) mass is 426 g/mol. The number of carbonyl (C=O) groups is 1. The van der Waals surface area contributed by atoms with E-state index in [0.717, 1.165) is 0 Å². The summed E-state index contributed by atoms with van der Waals surface area (Å²) in [5.74, 6) is 0.457. The van der Waals surface area contributed by atoms with Crippen molar-refractivity contribution in [1.82, 2.24) is 9.62 Å². The molecule has 3 rings (SSSR count).